The summed E-state index contributed by atoms with van der Waals surface area (Å²) < 4.78 is 9.28. The van der Waals surface area contributed by atoms with E-state index in [4.69, 9.17) is 27.9 Å². The molecule has 0 saturated carbocycles. The average Bonchev–Trinajstić information content (AvgIpc) is 2.43. The predicted octanol–water partition coefficient (Wildman–Crippen LogP) is 1.41. The van der Waals surface area contributed by atoms with Gasteiger partial charge in [0, 0.05) is 0 Å². The maximum absolute atomic E-state index is 11.1. The molecule has 0 saturated heterocycles. The number of hydrogen-bond acceptors (Lipinski definition) is 4. The lowest BCUT2D eigenvalue weighted by Gasteiger charge is -2.15. The Labute approximate surface area is 90.8 Å². The number of methoxy groups -OCH3 is 1. The van der Waals surface area contributed by atoms with Crippen LogP contribution in [0.4, 0.5) is 0 Å². The molecule has 0 aromatic rings. The third-order valence-electron chi connectivity index (χ3n) is 1.90. The smallest absolute Gasteiger partial charge is 0.351 e. The normalized spacial score (nSPS) is 23.4. The minimum absolute atomic E-state index is 0.0505. The van der Waals surface area contributed by atoms with Gasteiger partial charge in [0.25, 0.3) is 0 Å². The van der Waals surface area contributed by atoms with Gasteiger partial charge in [-0.05, 0) is 6.92 Å². The Morgan fingerprint density at radius 2 is 2.14 bits per heavy atom. The van der Waals surface area contributed by atoms with Crippen LogP contribution in [0.25, 0.3) is 0 Å². The van der Waals surface area contributed by atoms with Crippen molar-refractivity contribution in [1.29, 1.82) is 0 Å². The minimum Gasteiger partial charge on any atom is -0.469 e. The van der Waals surface area contributed by atoms with E-state index in [-0.39, 0.29) is 10.1 Å². The molecule has 0 bridgehead atoms. The zero-order chi connectivity index (χ0) is 10.9. The third-order valence-corrected chi connectivity index (χ3v) is 2.76. The molecule has 0 fully saturated rings. The first-order valence-electron chi connectivity index (χ1n) is 3.83. The van der Waals surface area contributed by atoms with E-state index in [1.165, 1.54) is 7.11 Å². The van der Waals surface area contributed by atoms with Crippen LogP contribution in [0.15, 0.2) is 10.1 Å². The summed E-state index contributed by atoms with van der Waals surface area (Å²) >= 11 is 11.2. The lowest BCUT2D eigenvalue weighted by atomic mass is 10.1. The predicted molar refractivity (Wildman–Crippen MR) is 49.8 cm³/mol. The van der Waals surface area contributed by atoms with Crippen molar-refractivity contribution < 1.29 is 19.1 Å². The average molecular weight is 239 g/mol. The Morgan fingerprint density at radius 3 is 2.50 bits per heavy atom. The van der Waals surface area contributed by atoms with Gasteiger partial charge in [-0.3, -0.25) is 4.79 Å². The largest absolute Gasteiger partial charge is 0.469 e. The van der Waals surface area contributed by atoms with Gasteiger partial charge in [-0.15, -0.1) is 0 Å². The van der Waals surface area contributed by atoms with Crippen LogP contribution in [0, 0.1) is 5.92 Å². The molecule has 78 valence electrons. The molecule has 14 heavy (non-hydrogen) atoms. The van der Waals surface area contributed by atoms with E-state index >= 15 is 0 Å². The second kappa shape index (κ2) is 4.19. The SMILES string of the molecule is COC(=O)C(C)C1OC(=O)C(Cl)=C1Cl. The molecule has 0 aliphatic carbocycles. The van der Waals surface area contributed by atoms with E-state index in [0.29, 0.717) is 0 Å². The molecule has 4 nitrogen and oxygen atoms in total. The lowest BCUT2D eigenvalue weighted by molar-refractivity contribution is -0.152. The van der Waals surface area contributed by atoms with Gasteiger partial charge in [-0.25, -0.2) is 4.79 Å². The van der Waals surface area contributed by atoms with Crippen molar-refractivity contribution in [2.75, 3.05) is 7.11 Å². The topological polar surface area (TPSA) is 52.6 Å². The Bertz CT molecular complexity index is 310. The standard InChI is InChI=1S/C8H8Cl2O4/c1-3(7(11)13-2)6-4(9)5(10)8(12)14-6/h3,6H,1-2H3. The maximum atomic E-state index is 11.1. The van der Waals surface area contributed by atoms with Crippen LogP contribution in [0.5, 0.6) is 0 Å². The molecule has 2 unspecified atom stereocenters. The van der Waals surface area contributed by atoms with Crippen LogP contribution in [0.1, 0.15) is 6.92 Å². The molecule has 1 aliphatic rings. The highest BCUT2D eigenvalue weighted by molar-refractivity contribution is 6.48. The molecule has 0 aromatic carbocycles. The molecule has 6 heteroatoms. The molecule has 0 amide bonds. The Morgan fingerprint density at radius 1 is 1.57 bits per heavy atom. The first-order chi connectivity index (χ1) is 6.49. The Hall–Kier alpha value is -0.740. The van der Waals surface area contributed by atoms with Gasteiger partial charge in [0.1, 0.15) is 5.03 Å². The van der Waals surface area contributed by atoms with Gasteiger partial charge in [0.05, 0.1) is 18.1 Å². The summed E-state index contributed by atoms with van der Waals surface area (Å²) in [6.45, 7) is 1.54. The van der Waals surface area contributed by atoms with E-state index in [1.807, 2.05) is 0 Å². The molecular weight excluding hydrogens is 231 g/mol. The molecule has 0 N–H and O–H groups in total. The van der Waals surface area contributed by atoms with E-state index in [9.17, 15) is 9.59 Å². The summed E-state index contributed by atoms with van der Waals surface area (Å²) in [7, 11) is 1.24. The summed E-state index contributed by atoms with van der Waals surface area (Å²) in [5.74, 6) is -1.88. The van der Waals surface area contributed by atoms with Crippen LogP contribution in [-0.4, -0.2) is 25.2 Å². The van der Waals surface area contributed by atoms with Crippen LogP contribution >= 0.6 is 23.2 Å². The van der Waals surface area contributed by atoms with Crippen molar-refractivity contribution >= 4 is 35.1 Å². The minimum atomic E-state index is -0.830. The highest BCUT2D eigenvalue weighted by atomic mass is 35.5. The number of esters is 2. The Kier molecular flexibility index (Phi) is 3.39. The number of hydrogen-bond donors (Lipinski definition) is 0. The van der Waals surface area contributed by atoms with Gasteiger partial charge >= 0.3 is 11.9 Å². The summed E-state index contributed by atoms with van der Waals surface area (Å²) in [4.78, 5) is 22.1. The number of cyclic esters (lactones) is 1. The quantitative estimate of drug-likeness (QED) is 0.683. The van der Waals surface area contributed by atoms with E-state index in [0.717, 1.165) is 0 Å². The molecule has 0 aromatic heterocycles. The fraction of sp³-hybridized carbons (Fsp3) is 0.500. The highest BCUT2D eigenvalue weighted by Crippen LogP contribution is 2.33. The number of carbonyl (C=O) groups excluding carboxylic acids is 2. The van der Waals surface area contributed by atoms with Crippen molar-refractivity contribution in [2.45, 2.75) is 13.0 Å². The maximum Gasteiger partial charge on any atom is 0.351 e. The van der Waals surface area contributed by atoms with Crippen molar-refractivity contribution in [3.8, 4) is 0 Å². The van der Waals surface area contributed by atoms with Crippen LogP contribution in [-0.2, 0) is 19.1 Å². The first-order valence-corrected chi connectivity index (χ1v) is 4.58. The molecule has 0 spiro atoms. The molecule has 0 radical (unpaired) electrons. The third kappa shape index (κ3) is 1.86. The lowest BCUT2D eigenvalue weighted by Crippen LogP contribution is -2.27. The summed E-state index contributed by atoms with van der Waals surface area (Å²) in [5.41, 5.74) is 0. The first kappa shape index (κ1) is 11.3. The number of ether oxygens (including phenoxy) is 2. The van der Waals surface area contributed by atoms with E-state index in [1.54, 1.807) is 6.92 Å². The second-order valence-electron chi connectivity index (χ2n) is 2.80. The van der Waals surface area contributed by atoms with E-state index < -0.39 is 24.0 Å². The fourth-order valence-corrected chi connectivity index (χ4v) is 1.53. The summed E-state index contributed by atoms with van der Waals surface area (Å²) in [6, 6.07) is 0. The second-order valence-corrected chi connectivity index (χ2v) is 3.58. The van der Waals surface area contributed by atoms with Crippen molar-refractivity contribution in [2.24, 2.45) is 5.92 Å². The summed E-state index contributed by atoms with van der Waals surface area (Å²) in [5, 5.41) is -0.123. The number of carbonyl (C=O) groups is 2. The zero-order valence-electron chi connectivity index (χ0n) is 7.54. The molecular formula is C8H8Cl2O4. The van der Waals surface area contributed by atoms with Crippen LogP contribution in [0.2, 0.25) is 0 Å². The Balaban J connectivity index is 2.83. The molecule has 1 rings (SSSR count). The van der Waals surface area contributed by atoms with E-state index in [2.05, 4.69) is 4.74 Å². The van der Waals surface area contributed by atoms with Gasteiger partial charge in [-0.2, -0.15) is 0 Å². The molecule has 2 atom stereocenters. The van der Waals surface area contributed by atoms with Crippen LogP contribution < -0.4 is 0 Å². The molecule has 1 aliphatic heterocycles. The fourth-order valence-electron chi connectivity index (χ4n) is 1.07. The highest BCUT2D eigenvalue weighted by Gasteiger charge is 2.39. The number of rotatable bonds is 2. The van der Waals surface area contributed by atoms with Gasteiger partial charge in [0.2, 0.25) is 0 Å². The van der Waals surface area contributed by atoms with Crippen molar-refractivity contribution in [1.82, 2.24) is 0 Å². The van der Waals surface area contributed by atoms with Crippen LogP contribution in [0.3, 0.4) is 0 Å². The van der Waals surface area contributed by atoms with Gasteiger partial charge in [-0.1, -0.05) is 23.2 Å². The van der Waals surface area contributed by atoms with Gasteiger partial charge < -0.3 is 9.47 Å². The zero-order valence-corrected chi connectivity index (χ0v) is 9.06. The van der Waals surface area contributed by atoms with Crippen molar-refractivity contribution in [3.63, 3.8) is 0 Å². The summed E-state index contributed by atoms with van der Waals surface area (Å²) in [6.07, 6.45) is -0.830. The van der Waals surface area contributed by atoms with Gasteiger partial charge in [0.15, 0.2) is 6.10 Å². The van der Waals surface area contributed by atoms with Crippen molar-refractivity contribution in [3.05, 3.63) is 10.1 Å². The number of halogens is 2. The monoisotopic (exact) mass is 238 g/mol. The molecule has 1 heterocycles.